The van der Waals surface area contributed by atoms with Gasteiger partial charge in [0.15, 0.2) is 0 Å². The lowest BCUT2D eigenvalue weighted by Crippen LogP contribution is -2.28. The Hall–Kier alpha value is -0.380. The van der Waals surface area contributed by atoms with Crippen molar-refractivity contribution in [2.45, 2.75) is 26.8 Å². The van der Waals surface area contributed by atoms with Crippen LogP contribution in [0.4, 0.5) is 0 Å². The smallest absolute Gasteiger partial charge is 0.0328 e. The Morgan fingerprint density at radius 1 is 1.53 bits per heavy atom. The van der Waals surface area contributed by atoms with Crippen molar-refractivity contribution in [3.05, 3.63) is 22.4 Å². The van der Waals surface area contributed by atoms with E-state index in [2.05, 4.69) is 41.6 Å². The second-order valence-electron chi connectivity index (χ2n) is 5.52. The monoisotopic (exact) mass is 252 g/mol. The van der Waals surface area contributed by atoms with Gasteiger partial charge in [-0.2, -0.15) is 0 Å². The Morgan fingerprint density at radius 3 is 3.12 bits per heavy atom. The van der Waals surface area contributed by atoms with E-state index < -0.39 is 0 Å². The molecule has 2 rings (SSSR count). The molecule has 3 heteroatoms. The summed E-state index contributed by atoms with van der Waals surface area (Å²) >= 11 is 1.88. The standard InChI is InChI=1S/C14H24N2S/c1-12(2)8-15-9-13-5-6-16(10-13)11-14-4-3-7-17-14/h3-4,7,12-13,15H,5-6,8-11H2,1-2H3. The summed E-state index contributed by atoms with van der Waals surface area (Å²) in [5, 5.41) is 5.76. The molecule has 1 aliphatic rings. The van der Waals surface area contributed by atoms with Crippen molar-refractivity contribution < 1.29 is 0 Å². The van der Waals surface area contributed by atoms with Crippen LogP contribution >= 0.6 is 11.3 Å². The first-order valence-corrected chi connectivity index (χ1v) is 7.57. The quantitative estimate of drug-likeness (QED) is 0.837. The van der Waals surface area contributed by atoms with E-state index in [-0.39, 0.29) is 0 Å². The lowest BCUT2D eigenvalue weighted by Gasteiger charge is -2.15. The van der Waals surface area contributed by atoms with Gasteiger partial charge in [0.05, 0.1) is 0 Å². The average Bonchev–Trinajstić information content (AvgIpc) is 2.90. The van der Waals surface area contributed by atoms with Gasteiger partial charge < -0.3 is 5.32 Å². The minimum absolute atomic E-state index is 0.763. The van der Waals surface area contributed by atoms with Crippen molar-refractivity contribution in [1.82, 2.24) is 10.2 Å². The zero-order valence-corrected chi connectivity index (χ0v) is 11.8. The Bertz CT molecular complexity index is 308. The topological polar surface area (TPSA) is 15.3 Å². The van der Waals surface area contributed by atoms with Crippen LogP contribution in [0.3, 0.4) is 0 Å². The fourth-order valence-corrected chi connectivity index (χ4v) is 3.17. The van der Waals surface area contributed by atoms with E-state index in [4.69, 9.17) is 0 Å². The molecule has 0 radical (unpaired) electrons. The number of nitrogens with one attached hydrogen (secondary N) is 1. The fraction of sp³-hybridized carbons (Fsp3) is 0.714. The molecule has 1 atom stereocenters. The first-order chi connectivity index (χ1) is 8.24. The van der Waals surface area contributed by atoms with Crippen LogP contribution in [0.15, 0.2) is 17.5 Å². The SMILES string of the molecule is CC(C)CNCC1CCN(Cc2cccs2)C1. The molecule has 0 aliphatic carbocycles. The molecule has 2 heterocycles. The zero-order valence-electron chi connectivity index (χ0n) is 11.0. The number of thiophene rings is 1. The highest BCUT2D eigenvalue weighted by Gasteiger charge is 2.22. The van der Waals surface area contributed by atoms with Crippen molar-refractivity contribution in [3.63, 3.8) is 0 Å². The van der Waals surface area contributed by atoms with Gasteiger partial charge in [-0.3, -0.25) is 4.90 Å². The molecule has 1 fully saturated rings. The minimum atomic E-state index is 0.763. The molecule has 17 heavy (non-hydrogen) atoms. The van der Waals surface area contributed by atoms with Gasteiger partial charge in [0.25, 0.3) is 0 Å². The lowest BCUT2D eigenvalue weighted by molar-refractivity contribution is 0.316. The van der Waals surface area contributed by atoms with Crippen molar-refractivity contribution in [2.24, 2.45) is 11.8 Å². The Balaban J connectivity index is 1.65. The molecule has 1 aromatic rings. The molecule has 1 aromatic heterocycles. The normalized spacial score (nSPS) is 21.5. The highest BCUT2D eigenvalue weighted by Crippen LogP contribution is 2.20. The molecule has 0 spiro atoms. The Morgan fingerprint density at radius 2 is 2.41 bits per heavy atom. The van der Waals surface area contributed by atoms with Crippen LogP contribution in [-0.2, 0) is 6.54 Å². The van der Waals surface area contributed by atoms with Gasteiger partial charge >= 0.3 is 0 Å². The Kier molecular flexibility index (Phi) is 5.01. The van der Waals surface area contributed by atoms with Crippen molar-refractivity contribution in [1.29, 1.82) is 0 Å². The number of likely N-dealkylation sites (tertiary alicyclic amines) is 1. The van der Waals surface area contributed by atoms with E-state index in [9.17, 15) is 0 Å². The molecule has 1 aliphatic heterocycles. The van der Waals surface area contributed by atoms with E-state index in [0.717, 1.165) is 24.9 Å². The fourth-order valence-electron chi connectivity index (χ4n) is 2.42. The third kappa shape index (κ3) is 4.41. The van der Waals surface area contributed by atoms with E-state index in [1.807, 2.05) is 11.3 Å². The second-order valence-corrected chi connectivity index (χ2v) is 6.55. The maximum atomic E-state index is 3.58. The molecule has 1 saturated heterocycles. The Labute approximate surface area is 109 Å². The number of hydrogen-bond acceptors (Lipinski definition) is 3. The summed E-state index contributed by atoms with van der Waals surface area (Å²) in [6.07, 6.45) is 1.36. The van der Waals surface area contributed by atoms with Crippen LogP contribution in [0.2, 0.25) is 0 Å². The van der Waals surface area contributed by atoms with Crippen LogP contribution in [0.1, 0.15) is 25.1 Å². The molecule has 1 N–H and O–H groups in total. The number of rotatable bonds is 6. The zero-order chi connectivity index (χ0) is 12.1. The molecule has 0 aromatic carbocycles. The van der Waals surface area contributed by atoms with Crippen molar-refractivity contribution in [2.75, 3.05) is 26.2 Å². The van der Waals surface area contributed by atoms with Gasteiger partial charge in [0.2, 0.25) is 0 Å². The van der Waals surface area contributed by atoms with Crippen LogP contribution in [-0.4, -0.2) is 31.1 Å². The second kappa shape index (κ2) is 6.53. The van der Waals surface area contributed by atoms with Gasteiger partial charge in [-0.1, -0.05) is 19.9 Å². The molecule has 96 valence electrons. The molecule has 0 saturated carbocycles. The molecular weight excluding hydrogens is 228 g/mol. The summed E-state index contributed by atoms with van der Waals surface area (Å²) in [4.78, 5) is 4.09. The number of hydrogen-bond donors (Lipinski definition) is 1. The number of nitrogens with zero attached hydrogens (tertiary/aromatic N) is 1. The van der Waals surface area contributed by atoms with Crippen molar-refractivity contribution in [3.8, 4) is 0 Å². The highest BCUT2D eigenvalue weighted by molar-refractivity contribution is 7.09. The summed E-state index contributed by atoms with van der Waals surface area (Å²) in [6.45, 7) is 10.6. The van der Waals surface area contributed by atoms with E-state index in [0.29, 0.717) is 0 Å². The van der Waals surface area contributed by atoms with Crippen LogP contribution in [0.25, 0.3) is 0 Å². The first kappa shape index (κ1) is 13.1. The summed E-state index contributed by atoms with van der Waals surface area (Å²) in [5.74, 6) is 1.62. The van der Waals surface area contributed by atoms with E-state index in [1.165, 1.54) is 30.9 Å². The lowest BCUT2D eigenvalue weighted by atomic mass is 10.1. The first-order valence-electron chi connectivity index (χ1n) is 6.69. The predicted molar refractivity (Wildman–Crippen MR) is 75.4 cm³/mol. The van der Waals surface area contributed by atoms with Crippen LogP contribution in [0, 0.1) is 11.8 Å². The van der Waals surface area contributed by atoms with Gasteiger partial charge in [-0.05, 0) is 49.3 Å². The maximum Gasteiger partial charge on any atom is 0.0328 e. The van der Waals surface area contributed by atoms with E-state index in [1.54, 1.807) is 0 Å². The third-order valence-corrected chi connectivity index (χ3v) is 4.18. The molecular formula is C14H24N2S. The van der Waals surface area contributed by atoms with Gasteiger partial charge in [0.1, 0.15) is 0 Å². The molecule has 0 amide bonds. The summed E-state index contributed by atoms with van der Waals surface area (Å²) < 4.78 is 0. The largest absolute Gasteiger partial charge is 0.316 e. The van der Waals surface area contributed by atoms with E-state index >= 15 is 0 Å². The molecule has 0 bridgehead atoms. The summed E-state index contributed by atoms with van der Waals surface area (Å²) in [7, 11) is 0. The minimum Gasteiger partial charge on any atom is -0.316 e. The third-order valence-electron chi connectivity index (χ3n) is 3.32. The maximum absolute atomic E-state index is 3.58. The summed E-state index contributed by atoms with van der Waals surface area (Å²) in [6, 6.07) is 4.40. The van der Waals surface area contributed by atoms with Gasteiger partial charge in [0, 0.05) is 18.0 Å². The van der Waals surface area contributed by atoms with Crippen LogP contribution < -0.4 is 5.32 Å². The average molecular weight is 252 g/mol. The predicted octanol–water partition coefficient (Wildman–Crippen LogP) is 2.82. The van der Waals surface area contributed by atoms with Gasteiger partial charge in [-0.15, -0.1) is 11.3 Å². The van der Waals surface area contributed by atoms with Gasteiger partial charge in [-0.25, -0.2) is 0 Å². The molecule has 1 unspecified atom stereocenters. The highest BCUT2D eigenvalue weighted by atomic mass is 32.1. The van der Waals surface area contributed by atoms with Crippen LogP contribution in [0.5, 0.6) is 0 Å². The molecule has 2 nitrogen and oxygen atoms in total. The summed E-state index contributed by atoms with van der Waals surface area (Å²) in [5.41, 5.74) is 0. The van der Waals surface area contributed by atoms with Crippen molar-refractivity contribution >= 4 is 11.3 Å².